The summed E-state index contributed by atoms with van der Waals surface area (Å²) < 4.78 is 15.9. The van der Waals surface area contributed by atoms with Gasteiger partial charge in [-0.2, -0.15) is 11.8 Å². The Labute approximate surface area is 127 Å². The molecule has 0 fully saturated rings. The molecule has 0 radical (unpaired) electrons. The summed E-state index contributed by atoms with van der Waals surface area (Å²) in [7, 11) is 0.789. The quantitative estimate of drug-likeness (QED) is 0.377. The van der Waals surface area contributed by atoms with Crippen LogP contribution >= 0.6 is 11.8 Å². The monoisotopic (exact) mass is 324 g/mol. The molecule has 0 aliphatic rings. The van der Waals surface area contributed by atoms with Crippen molar-refractivity contribution in [3.8, 4) is 0 Å². The van der Waals surface area contributed by atoms with E-state index in [9.17, 15) is 9.90 Å². The van der Waals surface area contributed by atoms with Crippen LogP contribution in [0.3, 0.4) is 0 Å². The maximum Gasteiger partial charge on any atom is 0.364 e. The number of esters is 1. The molecule has 0 unspecified atom stereocenters. The molecule has 0 aromatic carbocycles. The number of carbonyl (C=O) groups is 1. The topological polar surface area (TPSA) is 65.0 Å². The minimum Gasteiger partial charge on any atom is -0.460 e. The average Bonchev–Trinajstić information content (AvgIpc) is 2.37. The zero-order valence-electron chi connectivity index (χ0n) is 13.2. The van der Waals surface area contributed by atoms with Crippen LogP contribution < -0.4 is 0 Å². The molecule has 0 bridgehead atoms. The fourth-order valence-electron chi connectivity index (χ4n) is 1.59. The van der Waals surface area contributed by atoms with E-state index in [1.165, 1.54) is 0 Å². The highest BCUT2D eigenvalue weighted by Gasteiger charge is 2.33. The first kappa shape index (κ1) is 19.9. The first-order chi connectivity index (χ1) is 9.28. The van der Waals surface area contributed by atoms with Crippen molar-refractivity contribution in [3.05, 3.63) is 0 Å². The second-order valence-electron chi connectivity index (χ2n) is 5.53. The van der Waals surface area contributed by atoms with E-state index in [0.29, 0.717) is 6.42 Å². The molecular weight excluding hydrogens is 296 g/mol. The molecular formula is C13H28O5SSi. The Morgan fingerprint density at radius 1 is 1.20 bits per heavy atom. The van der Waals surface area contributed by atoms with Crippen LogP contribution in [0.2, 0.25) is 6.04 Å². The van der Waals surface area contributed by atoms with Crippen LogP contribution in [0.25, 0.3) is 0 Å². The Bertz CT molecular complexity index is 268. The third-order valence-corrected chi connectivity index (χ3v) is 6.86. The fraction of sp³-hybridized carbons (Fsp3) is 0.923. The van der Waals surface area contributed by atoms with Crippen molar-refractivity contribution in [2.24, 2.45) is 0 Å². The van der Waals surface area contributed by atoms with E-state index in [1.807, 2.05) is 20.8 Å². The summed E-state index contributed by atoms with van der Waals surface area (Å²) in [5.74, 6) is 1.52. The van der Waals surface area contributed by atoms with Crippen LogP contribution in [0, 0.1) is 0 Å². The minimum absolute atomic E-state index is 0.0252. The van der Waals surface area contributed by atoms with E-state index in [1.54, 1.807) is 26.0 Å². The van der Waals surface area contributed by atoms with Crippen LogP contribution in [-0.2, 0) is 18.4 Å². The summed E-state index contributed by atoms with van der Waals surface area (Å²) in [6, 6.07) is 0.760. The predicted molar refractivity (Wildman–Crippen MR) is 84.1 cm³/mol. The summed E-state index contributed by atoms with van der Waals surface area (Å²) in [4.78, 5) is 11.5. The van der Waals surface area contributed by atoms with Crippen molar-refractivity contribution in [2.45, 2.75) is 45.3 Å². The molecule has 0 aliphatic heterocycles. The highest BCUT2D eigenvalue weighted by atomic mass is 32.2. The van der Waals surface area contributed by atoms with Gasteiger partial charge in [0.15, 0.2) is 0 Å². The van der Waals surface area contributed by atoms with Crippen LogP contribution in [-0.4, -0.2) is 57.2 Å². The van der Waals surface area contributed by atoms with E-state index in [2.05, 4.69) is 0 Å². The second-order valence-corrected chi connectivity index (χ2v) is 10.2. The van der Waals surface area contributed by atoms with Crippen LogP contribution in [0.4, 0.5) is 0 Å². The van der Waals surface area contributed by atoms with Crippen molar-refractivity contribution in [1.29, 1.82) is 0 Å². The Balaban J connectivity index is 3.70. The van der Waals surface area contributed by atoms with Gasteiger partial charge in [-0.25, -0.2) is 0 Å². The van der Waals surface area contributed by atoms with E-state index in [-0.39, 0.29) is 12.2 Å². The number of aliphatic hydroxyl groups is 1. The summed E-state index contributed by atoms with van der Waals surface area (Å²) >= 11 is 1.71. The highest BCUT2D eigenvalue weighted by Crippen LogP contribution is 2.17. The van der Waals surface area contributed by atoms with E-state index in [4.69, 9.17) is 13.6 Å². The van der Waals surface area contributed by atoms with Gasteiger partial charge in [0.25, 0.3) is 0 Å². The Kier molecular flexibility index (Phi) is 9.74. The molecule has 1 N–H and O–H groups in total. The SMILES string of the molecule is CO[Si](CO)(CCCSCCC(=O)OC(C)(C)C)OC. The molecule has 0 saturated carbocycles. The lowest BCUT2D eigenvalue weighted by Gasteiger charge is -2.24. The highest BCUT2D eigenvalue weighted by molar-refractivity contribution is 7.99. The number of ether oxygens (including phenoxy) is 1. The molecule has 5 nitrogen and oxygen atoms in total. The largest absolute Gasteiger partial charge is 0.460 e. The van der Waals surface area contributed by atoms with Gasteiger partial charge in [-0.15, -0.1) is 0 Å². The first-order valence-electron chi connectivity index (χ1n) is 6.79. The van der Waals surface area contributed by atoms with Gasteiger partial charge < -0.3 is 18.7 Å². The van der Waals surface area contributed by atoms with Crippen LogP contribution in [0.15, 0.2) is 0 Å². The maximum atomic E-state index is 11.5. The zero-order chi connectivity index (χ0) is 15.6. The predicted octanol–water partition coefficient (Wildman–Crippen LogP) is 2.11. The van der Waals surface area contributed by atoms with Crippen molar-refractivity contribution in [2.75, 3.05) is 32.0 Å². The molecule has 0 aromatic rings. The number of rotatable bonds is 10. The standard InChI is InChI=1S/C13H28O5SSi/c1-13(2,3)18-12(15)7-9-19-8-6-10-20(11-14,16-4)17-5/h14H,6-11H2,1-5H3. The molecule has 120 valence electrons. The Hall–Kier alpha value is -0.0831. The molecule has 0 amide bonds. The second kappa shape index (κ2) is 9.78. The third kappa shape index (κ3) is 8.96. The summed E-state index contributed by atoms with van der Waals surface area (Å²) in [6.45, 7) is 5.60. The first-order valence-corrected chi connectivity index (χ1v) is 10.2. The summed E-state index contributed by atoms with van der Waals surface area (Å²) in [5.41, 5.74) is -0.412. The van der Waals surface area contributed by atoms with Gasteiger partial charge in [0.2, 0.25) is 0 Å². The van der Waals surface area contributed by atoms with Gasteiger partial charge in [-0.1, -0.05) is 0 Å². The normalized spacial score (nSPS) is 12.5. The lowest BCUT2D eigenvalue weighted by Crippen LogP contribution is -2.44. The summed E-state index contributed by atoms with van der Waals surface area (Å²) in [6.07, 6.45) is 1.31. The molecule has 0 rings (SSSR count). The van der Waals surface area contributed by atoms with E-state index in [0.717, 1.165) is 24.0 Å². The van der Waals surface area contributed by atoms with Gasteiger partial charge >= 0.3 is 14.5 Å². The van der Waals surface area contributed by atoms with Gasteiger partial charge in [0, 0.05) is 20.0 Å². The van der Waals surface area contributed by atoms with Gasteiger partial charge in [-0.3, -0.25) is 4.79 Å². The Morgan fingerprint density at radius 3 is 2.25 bits per heavy atom. The zero-order valence-corrected chi connectivity index (χ0v) is 15.0. The minimum atomic E-state index is -2.38. The summed E-state index contributed by atoms with van der Waals surface area (Å²) in [5, 5.41) is 9.30. The lowest BCUT2D eigenvalue weighted by molar-refractivity contribution is -0.154. The molecule has 7 heteroatoms. The third-order valence-electron chi connectivity index (χ3n) is 2.70. The van der Waals surface area contributed by atoms with Crippen molar-refractivity contribution >= 4 is 26.3 Å². The van der Waals surface area contributed by atoms with E-state index >= 15 is 0 Å². The number of hydrogen-bond donors (Lipinski definition) is 1. The molecule has 0 saturated heterocycles. The molecule has 0 aromatic heterocycles. The lowest BCUT2D eigenvalue weighted by atomic mass is 10.2. The number of carbonyl (C=O) groups excluding carboxylic acids is 1. The molecule has 20 heavy (non-hydrogen) atoms. The molecule has 0 atom stereocenters. The molecule has 0 spiro atoms. The number of thioether (sulfide) groups is 1. The molecule has 0 aliphatic carbocycles. The smallest absolute Gasteiger partial charge is 0.364 e. The molecule has 0 heterocycles. The number of aliphatic hydroxyl groups excluding tert-OH is 1. The van der Waals surface area contributed by atoms with Gasteiger partial charge in [-0.05, 0) is 39.0 Å². The maximum absolute atomic E-state index is 11.5. The number of hydrogen-bond acceptors (Lipinski definition) is 6. The van der Waals surface area contributed by atoms with Crippen molar-refractivity contribution in [3.63, 3.8) is 0 Å². The van der Waals surface area contributed by atoms with Crippen LogP contribution in [0.1, 0.15) is 33.6 Å². The van der Waals surface area contributed by atoms with Gasteiger partial charge in [0.05, 0.1) is 12.7 Å². The van der Waals surface area contributed by atoms with Crippen molar-refractivity contribution < 1.29 is 23.5 Å². The fourth-order valence-corrected chi connectivity index (χ4v) is 4.42. The Morgan fingerprint density at radius 2 is 1.80 bits per heavy atom. The van der Waals surface area contributed by atoms with Crippen LogP contribution in [0.5, 0.6) is 0 Å². The van der Waals surface area contributed by atoms with Crippen molar-refractivity contribution in [1.82, 2.24) is 0 Å². The van der Waals surface area contributed by atoms with E-state index < -0.39 is 14.2 Å². The van der Waals surface area contributed by atoms with Gasteiger partial charge in [0.1, 0.15) is 5.60 Å². The average molecular weight is 325 g/mol.